The normalized spacial score (nSPS) is 16.1. The molecule has 1 atom stereocenters. The van der Waals surface area contributed by atoms with Gasteiger partial charge in [0.1, 0.15) is 12.4 Å². The summed E-state index contributed by atoms with van der Waals surface area (Å²) in [6, 6.07) is 10.5. The van der Waals surface area contributed by atoms with Crippen molar-refractivity contribution in [3.63, 3.8) is 0 Å². The number of hydrazine groups is 1. The van der Waals surface area contributed by atoms with Gasteiger partial charge in [-0.25, -0.2) is 0 Å². The molecule has 1 unspecified atom stereocenters. The molecule has 2 N–H and O–H groups in total. The van der Waals surface area contributed by atoms with E-state index in [2.05, 4.69) is 10.9 Å². The Morgan fingerprint density at radius 1 is 1.09 bits per heavy atom. The highest BCUT2D eigenvalue weighted by Crippen LogP contribution is 2.30. The minimum absolute atomic E-state index is 0.0704. The molecule has 2 amide bonds. The number of para-hydroxylation sites is 2. The summed E-state index contributed by atoms with van der Waals surface area (Å²) in [6.45, 7) is 0.0704. The summed E-state index contributed by atoms with van der Waals surface area (Å²) in [5.41, 5.74) is 4.55. The van der Waals surface area contributed by atoms with E-state index in [0.717, 1.165) is 0 Å². The first-order valence-electron chi connectivity index (χ1n) is 6.92. The zero-order valence-corrected chi connectivity index (χ0v) is 12.0. The van der Waals surface area contributed by atoms with E-state index in [1.54, 1.807) is 30.3 Å². The van der Waals surface area contributed by atoms with Gasteiger partial charge in [0.25, 0.3) is 11.8 Å². The molecule has 118 valence electrons. The molecule has 7 nitrogen and oxygen atoms in total. The van der Waals surface area contributed by atoms with Crippen molar-refractivity contribution in [1.29, 1.82) is 0 Å². The second-order valence-corrected chi connectivity index (χ2v) is 4.69. The van der Waals surface area contributed by atoms with Gasteiger partial charge in [0.2, 0.25) is 6.10 Å². The first-order chi connectivity index (χ1) is 11.2. The molecule has 2 aromatic rings. The van der Waals surface area contributed by atoms with Gasteiger partial charge < -0.3 is 13.9 Å². The van der Waals surface area contributed by atoms with Crippen LogP contribution in [-0.4, -0.2) is 24.5 Å². The summed E-state index contributed by atoms with van der Waals surface area (Å²) in [5, 5.41) is 0. The number of hydrogen-bond donors (Lipinski definition) is 2. The van der Waals surface area contributed by atoms with Gasteiger partial charge in [-0.3, -0.25) is 20.4 Å². The Kier molecular flexibility index (Phi) is 4.28. The standard InChI is InChI=1S/C16H14N2O5/c19-15(8-7-11-4-3-9-21-11)17-18-16(20)14-10-22-12-5-1-2-6-13(12)23-14/h1-9,14H,10H2,(H,17,19)(H,18,20). The van der Waals surface area contributed by atoms with Crippen molar-refractivity contribution in [2.45, 2.75) is 6.10 Å². The molecule has 0 aliphatic carbocycles. The number of hydrogen-bond acceptors (Lipinski definition) is 5. The number of carbonyl (C=O) groups is 2. The van der Waals surface area contributed by atoms with Crippen LogP contribution >= 0.6 is 0 Å². The summed E-state index contributed by atoms with van der Waals surface area (Å²) < 4.78 is 16.0. The van der Waals surface area contributed by atoms with E-state index in [1.807, 2.05) is 6.07 Å². The smallest absolute Gasteiger partial charge is 0.283 e. The Hall–Kier alpha value is -3.22. The van der Waals surface area contributed by atoms with E-state index < -0.39 is 17.9 Å². The number of furan rings is 1. The summed E-state index contributed by atoms with van der Waals surface area (Å²) in [7, 11) is 0. The molecule has 7 heteroatoms. The lowest BCUT2D eigenvalue weighted by Crippen LogP contribution is -2.50. The molecule has 23 heavy (non-hydrogen) atoms. The highest BCUT2D eigenvalue weighted by atomic mass is 16.6. The maximum Gasteiger partial charge on any atom is 0.283 e. The van der Waals surface area contributed by atoms with Crippen LogP contribution in [0.25, 0.3) is 6.08 Å². The molecule has 3 rings (SSSR count). The lowest BCUT2D eigenvalue weighted by molar-refractivity contribution is -0.134. The predicted molar refractivity (Wildman–Crippen MR) is 80.4 cm³/mol. The zero-order valence-electron chi connectivity index (χ0n) is 12.0. The fourth-order valence-electron chi connectivity index (χ4n) is 1.94. The van der Waals surface area contributed by atoms with E-state index in [0.29, 0.717) is 17.3 Å². The van der Waals surface area contributed by atoms with Crippen molar-refractivity contribution in [3.8, 4) is 11.5 Å². The minimum atomic E-state index is -0.834. The summed E-state index contributed by atoms with van der Waals surface area (Å²) in [4.78, 5) is 23.6. The second kappa shape index (κ2) is 6.69. The molecule has 0 saturated heterocycles. The topological polar surface area (TPSA) is 89.8 Å². The van der Waals surface area contributed by atoms with E-state index >= 15 is 0 Å². The monoisotopic (exact) mass is 314 g/mol. The highest BCUT2D eigenvalue weighted by molar-refractivity contribution is 5.93. The molecule has 1 aliphatic heterocycles. The predicted octanol–water partition coefficient (Wildman–Crippen LogP) is 1.28. The first kappa shape index (κ1) is 14.7. The van der Waals surface area contributed by atoms with Crippen molar-refractivity contribution < 1.29 is 23.5 Å². The molecule has 0 bridgehead atoms. The van der Waals surface area contributed by atoms with Crippen LogP contribution in [0, 0.1) is 0 Å². The van der Waals surface area contributed by atoms with Gasteiger partial charge in [0.05, 0.1) is 6.26 Å². The molecule has 0 spiro atoms. The van der Waals surface area contributed by atoms with Crippen LogP contribution in [0.15, 0.2) is 53.2 Å². The van der Waals surface area contributed by atoms with Crippen LogP contribution in [0.3, 0.4) is 0 Å². The summed E-state index contributed by atoms with van der Waals surface area (Å²) >= 11 is 0. The number of rotatable bonds is 3. The minimum Gasteiger partial charge on any atom is -0.485 e. The third-order valence-electron chi connectivity index (χ3n) is 3.05. The number of ether oxygens (including phenoxy) is 2. The van der Waals surface area contributed by atoms with Gasteiger partial charge in [-0.2, -0.15) is 0 Å². The van der Waals surface area contributed by atoms with Crippen LogP contribution in [-0.2, 0) is 9.59 Å². The van der Waals surface area contributed by atoms with Crippen LogP contribution < -0.4 is 20.3 Å². The van der Waals surface area contributed by atoms with Crippen molar-refractivity contribution in [2.75, 3.05) is 6.61 Å². The van der Waals surface area contributed by atoms with Crippen molar-refractivity contribution in [3.05, 3.63) is 54.5 Å². The molecule has 1 aromatic carbocycles. The maximum absolute atomic E-state index is 12.0. The number of nitrogens with one attached hydrogen (secondary N) is 2. The Labute approximate surface area is 131 Å². The average molecular weight is 314 g/mol. The third kappa shape index (κ3) is 3.70. The van der Waals surface area contributed by atoms with Gasteiger partial charge in [-0.05, 0) is 30.3 Å². The molecule has 1 aliphatic rings. The number of carbonyl (C=O) groups excluding carboxylic acids is 2. The molecule has 0 fully saturated rings. The van der Waals surface area contributed by atoms with Gasteiger partial charge in [-0.15, -0.1) is 0 Å². The highest BCUT2D eigenvalue weighted by Gasteiger charge is 2.27. The fraction of sp³-hybridized carbons (Fsp3) is 0.125. The van der Waals surface area contributed by atoms with Gasteiger partial charge >= 0.3 is 0 Å². The summed E-state index contributed by atoms with van der Waals surface area (Å²) in [6.07, 6.45) is 3.39. The van der Waals surface area contributed by atoms with E-state index in [1.165, 1.54) is 18.4 Å². The van der Waals surface area contributed by atoms with E-state index in [9.17, 15) is 9.59 Å². The number of amides is 2. The average Bonchev–Trinajstić information content (AvgIpc) is 3.11. The SMILES string of the molecule is O=C(C=Cc1ccco1)NNC(=O)C1COc2ccccc2O1. The Morgan fingerprint density at radius 3 is 2.70 bits per heavy atom. The van der Waals surface area contributed by atoms with Crippen LogP contribution in [0.4, 0.5) is 0 Å². The van der Waals surface area contributed by atoms with Crippen LogP contribution in [0.2, 0.25) is 0 Å². The van der Waals surface area contributed by atoms with Gasteiger partial charge in [0, 0.05) is 6.08 Å². The lowest BCUT2D eigenvalue weighted by atomic mass is 10.2. The Bertz CT molecular complexity index is 724. The largest absolute Gasteiger partial charge is 0.485 e. The number of fused-ring (bicyclic) bond motifs is 1. The van der Waals surface area contributed by atoms with Crippen molar-refractivity contribution in [2.24, 2.45) is 0 Å². The van der Waals surface area contributed by atoms with Crippen molar-refractivity contribution in [1.82, 2.24) is 10.9 Å². The van der Waals surface area contributed by atoms with Crippen LogP contribution in [0.1, 0.15) is 5.76 Å². The fourth-order valence-corrected chi connectivity index (χ4v) is 1.94. The molecule has 2 heterocycles. The molecule has 1 aromatic heterocycles. The molecule has 0 radical (unpaired) electrons. The first-order valence-corrected chi connectivity index (χ1v) is 6.92. The quantitative estimate of drug-likeness (QED) is 0.658. The molecule has 0 saturated carbocycles. The Morgan fingerprint density at radius 2 is 1.91 bits per heavy atom. The molecular weight excluding hydrogens is 300 g/mol. The van der Waals surface area contributed by atoms with Crippen molar-refractivity contribution >= 4 is 17.9 Å². The van der Waals surface area contributed by atoms with Crippen LogP contribution in [0.5, 0.6) is 11.5 Å². The lowest BCUT2D eigenvalue weighted by Gasteiger charge is -2.25. The Balaban J connectivity index is 1.49. The van der Waals surface area contributed by atoms with E-state index in [4.69, 9.17) is 13.9 Å². The van der Waals surface area contributed by atoms with Gasteiger partial charge in [-0.1, -0.05) is 12.1 Å². The zero-order chi connectivity index (χ0) is 16.1. The molecular formula is C16H14N2O5. The maximum atomic E-state index is 12.0. The van der Waals surface area contributed by atoms with Gasteiger partial charge in [0.15, 0.2) is 11.5 Å². The summed E-state index contributed by atoms with van der Waals surface area (Å²) in [5.74, 6) is 0.614. The van der Waals surface area contributed by atoms with E-state index in [-0.39, 0.29) is 6.61 Å². The third-order valence-corrected chi connectivity index (χ3v) is 3.05. The second-order valence-electron chi connectivity index (χ2n) is 4.69. The number of benzene rings is 1.